The summed E-state index contributed by atoms with van der Waals surface area (Å²) >= 11 is 1.42. The summed E-state index contributed by atoms with van der Waals surface area (Å²) in [6.07, 6.45) is 0. The Bertz CT molecular complexity index is 615. The van der Waals surface area contributed by atoms with Crippen molar-refractivity contribution in [3.05, 3.63) is 50.7 Å². The van der Waals surface area contributed by atoms with Crippen molar-refractivity contribution in [2.24, 2.45) is 5.84 Å². The minimum absolute atomic E-state index is 0.267. The zero-order valence-electron chi connectivity index (χ0n) is 11.8. The van der Waals surface area contributed by atoms with E-state index >= 15 is 0 Å². The van der Waals surface area contributed by atoms with Crippen LogP contribution in [0.3, 0.4) is 0 Å². The molecule has 106 valence electrons. The van der Waals surface area contributed by atoms with E-state index in [1.54, 1.807) is 0 Å². The number of aryl methyl sites for hydroxylation is 3. The third kappa shape index (κ3) is 3.00. The van der Waals surface area contributed by atoms with Crippen LogP contribution in [0.1, 0.15) is 31.2 Å². The van der Waals surface area contributed by atoms with E-state index in [0.29, 0.717) is 11.5 Å². The van der Waals surface area contributed by atoms with Crippen LogP contribution in [0, 0.1) is 20.8 Å². The number of nitrogens with one attached hydrogen (secondary N) is 1. The molecule has 5 heteroatoms. The lowest BCUT2D eigenvalue weighted by molar-refractivity contribution is 0.0957. The van der Waals surface area contributed by atoms with E-state index in [1.807, 2.05) is 45.0 Å². The summed E-state index contributed by atoms with van der Waals surface area (Å²) in [5, 5.41) is 0. The highest BCUT2D eigenvalue weighted by molar-refractivity contribution is 7.14. The molecule has 0 aliphatic rings. The van der Waals surface area contributed by atoms with Crippen LogP contribution in [0.4, 0.5) is 0 Å². The normalized spacial score (nSPS) is 10.4. The van der Waals surface area contributed by atoms with Crippen molar-refractivity contribution in [2.45, 2.75) is 27.4 Å². The van der Waals surface area contributed by atoms with Gasteiger partial charge in [-0.1, -0.05) is 18.2 Å². The predicted molar refractivity (Wildman–Crippen MR) is 81.0 cm³/mol. The number of hydrogen-bond donors (Lipinski definition) is 2. The first-order valence-corrected chi connectivity index (χ1v) is 7.14. The van der Waals surface area contributed by atoms with Gasteiger partial charge in [-0.2, -0.15) is 0 Å². The van der Waals surface area contributed by atoms with E-state index in [-0.39, 0.29) is 5.91 Å². The van der Waals surface area contributed by atoms with Crippen LogP contribution in [0.15, 0.2) is 24.3 Å². The molecule has 0 bridgehead atoms. The lowest BCUT2D eigenvalue weighted by Gasteiger charge is -2.11. The van der Waals surface area contributed by atoms with Gasteiger partial charge in [-0.15, -0.1) is 11.3 Å². The third-order valence-corrected chi connectivity index (χ3v) is 4.25. The van der Waals surface area contributed by atoms with E-state index in [4.69, 9.17) is 10.6 Å². The fourth-order valence-electron chi connectivity index (χ4n) is 2.02. The SMILES string of the molecule is Cc1cccc(C)c1OCc1cc(C(=O)NN)sc1C. The molecule has 2 aromatic rings. The maximum absolute atomic E-state index is 11.5. The van der Waals surface area contributed by atoms with Gasteiger partial charge in [-0.3, -0.25) is 10.2 Å². The number of carbonyl (C=O) groups is 1. The van der Waals surface area contributed by atoms with E-state index < -0.39 is 0 Å². The van der Waals surface area contributed by atoms with E-state index in [2.05, 4.69) is 5.43 Å². The molecule has 0 radical (unpaired) electrons. The molecular formula is C15H18N2O2S. The number of amides is 1. The Kier molecular flexibility index (Phi) is 4.42. The molecule has 2 rings (SSSR count). The maximum Gasteiger partial charge on any atom is 0.275 e. The minimum atomic E-state index is -0.267. The van der Waals surface area contributed by atoms with Crippen molar-refractivity contribution in [3.8, 4) is 5.75 Å². The molecule has 1 aromatic carbocycles. The number of carbonyl (C=O) groups excluding carboxylic acids is 1. The molecule has 0 unspecified atom stereocenters. The Morgan fingerprint density at radius 3 is 2.55 bits per heavy atom. The monoisotopic (exact) mass is 290 g/mol. The van der Waals surface area contributed by atoms with Gasteiger partial charge in [0.05, 0.1) is 4.88 Å². The Labute approximate surface area is 122 Å². The predicted octanol–water partition coefficient (Wildman–Crippen LogP) is 2.86. The van der Waals surface area contributed by atoms with Crippen molar-refractivity contribution in [1.29, 1.82) is 0 Å². The van der Waals surface area contributed by atoms with E-state index in [0.717, 1.165) is 27.3 Å². The molecule has 3 N–H and O–H groups in total. The number of nitrogens with two attached hydrogens (primary N) is 1. The summed E-state index contributed by atoms with van der Waals surface area (Å²) in [6, 6.07) is 7.89. The molecule has 0 atom stereocenters. The number of nitrogen functional groups attached to an aromatic ring is 1. The van der Waals surface area contributed by atoms with Crippen molar-refractivity contribution in [3.63, 3.8) is 0 Å². The highest BCUT2D eigenvalue weighted by atomic mass is 32.1. The number of thiophene rings is 1. The molecule has 0 aliphatic heterocycles. The van der Waals surface area contributed by atoms with Crippen LogP contribution in [-0.4, -0.2) is 5.91 Å². The second kappa shape index (κ2) is 6.07. The number of hydrogen-bond acceptors (Lipinski definition) is 4. The standard InChI is InChI=1S/C15H18N2O2S/c1-9-5-4-6-10(2)14(9)19-8-12-7-13(15(18)17-16)20-11(12)3/h4-7H,8,16H2,1-3H3,(H,17,18). The van der Waals surface area contributed by atoms with Crippen LogP contribution < -0.4 is 16.0 Å². The molecule has 0 spiro atoms. The smallest absolute Gasteiger partial charge is 0.275 e. The molecule has 0 saturated heterocycles. The van der Waals surface area contributed by atoms with Gasteiger partial charge >= 0.3 is 0 Å². The van der Waals surface area contributed by atoms with Crippen molar-refractivity contribution in [1.82, 2.24) is 5.43 Å². The van der Waals surface area contributed by atoms with Crippen molar-refractivity contribution >= 4 is 17.2 Å². The number of ether oxygens (including phenoxy) is 1. The largest absolute Gasteiger partial charge is 0.488 e. The fraction of sp³-hybridized carbons (Fsp3) is 0.267. The Morgan fingerprint density at radius 2 is 1.95 bits per heavy atom. The summed E-state index contributed by atoms with van der Waals surface area (Å²) in [5.41, 5.74) is 5.37. The summed E-state index contributed by atoms with van der Waals surface area (Å²) in [7, 11) is 0. The summed E-state index contributed by atoms with van der Waals surface area (Å²) in [4.78, 5) is 13.2. The third-order valence-electron chi connectivity index (χ3n) is 3.16. The average Bonchev–Trinajstić information content (AvgIpc) is 2.79. The van der Waals surface area contributed by atoms with Gasteiger partial charge in [0.1, 0.15) is 12.4 Å². The molecule has 1 heterocycles. The molecule has 0 saturated carbocycles. The molecule has 0 aliphatic carbocycles. The van der Waals surface area contributed by atoms with Gasteiger partial charge in [0.15, 0.2) is 0 Å². The lowest BCUT2D eigenvalue weighted by Crippen LogP contribution is -2.29. The van der Waals surface area contributed by atoms with E-state index in [1.165, 1.54) is 11.3 Å². The Morgan fingerprint density at radius 1 is 1.30 bits per heavy atom. The Hall–Kier alpha value is -1.85. The maximum atomic E-state index is 11.5. The lowest BCUT2D eigenvalue weighted by atomic mass is 10.1. The average molecular weight is 290 g/mol. The molecule has 20 heavy (non-hydrogen) atoms. The van der Waals surface area contributed by atoms with Crippen molar-refractivity contribution < 1.29 is 9.53 Å². The second-order valence-corrected chi connectivity index (χ2v) is 5.93. The van der Waals surface area contributed by atoms with Gasteiger partial charge < -0.3 is 4.74 Å². The number of hydrazine groups is 1. The number of benzene rings is 1. The Balaban J connectivity index is 2.15. The second-order valence-electron chi connectivity index (χ2n) is 4.68. The van der Waals surface area contributed by atoms with Crippen LogP contribution in [0.2, 0.25) is 0 Å². The van der Waals surface area contributed by atoms with Crippen LogP contribution in [0.5, 0.6) is 5.75 Å². The van der Waals surface area contributed by atoms with Gasteiger partial charge in [-0.05, 0) is 38.0 Å². The van der Waals surface area contributed by atoms with Crippen LogP contribution in [0.25, 0.3) is 0 Å². The molecule has 1 aromatic heterocycles. The number of rotatable bonds is 4. The summed E-state index contributed by atoms with van der Waals surface area (Å²) < 4.78 is 5.90. The van der Waals surface area contributed by atoms with E-state index in [9.17, 15) is 4.79 Å². The van der Waals surface area contributed by atoms with Crippen molar-refractivity contribution in [2.75, 3.05) is 0 Å². The van der Waals surface area contributed by atoms with Gasteiger partial charge in [0.2, 0.25) is 0 Å². The molecule has 1 amide bonds. The zero-order chi connectivity index (χ0) is 14.7. The molecule has 0 fully saturated rings. The minimum Gasteiger partial charge on any atom is -0.488 e. The fourth-order valence-corrected chi connectivity index (χ4v) is 2.95. The van der Waals surface area contributed by atoms with Crippen LogP contribution >= 0.6 is 11.3 Å². The number of para-hydroxylation sites is 1. The first kappa shape index (κ1) is 14.6. The first-order valence-electron chi connectivity index (χ1n) is 6.32. The van der Waals surface area contributed by atoms with Gasteiger partial charge in [-0.25, -0.2) is 5.84 Å². The zero-order valence-corrected chi connectivity index (χ0v) is 12.6. The van der Waals surface area contributed by atoms with Gasteiger partial charge in [0, 0.05) is 10.4 Å². The summed E-state index contributed by atoms with van der Waals surface area (Å²) in [5.74, 6) is 5.78. The first-order chi connectivity index (χ1) is 9.52. The van der Waals surface area contributed by atoms with Gasteiger partial charge in [0.25, 0.3) is 5.91 Å². The molecule has 4 nitrogen and oxygen atoms in total. The molecular weight excluding hydrogens is 272 g/mol. The topological polar surface area (TPSA) is 64.3 Å². The quantitative estimate of drug-likeness (QED) is 0.517. The highest BCUT2D eigenvalue weighted by Crippen LogP contribution is 2.26. The highest BCUT2D eigenvalue weighted by Gasteiger charge is 2.12. The summed E-state index contributed by atoms with van der Waals surface area (Å²) in [6.45, 7) is 6.47. The van der Waals surface area contributed by atoms with Crippen LogP contribution in [-0.2, 0) is 6.61 Å².